The summed E-state index contributed by atoms with van der Waals surface area (Å²) in [6.07, 6.45) is 0. The molecule has 0 unspecified atom stereocenters. The lowest BCUT2D eigenvalue weighted by atomic mass is 10.3. The third-order valence-electron chi connectivity index (χ3n) is 2.42. The molecule has 102 valence electrons. The fraction of sp³-hybridized carbons (Fsp3) is 0.333. The molecule has 2 aromatic rings. The van der Waals surface area contributed by atoms with Gasteiger partial charge in [0.25, 0.3) is 0 Å². The van der Waals surface area contributed by atoms with Gasteiger partial charge in [0.2, 0.25) is 0 Å². The zero-order chi connectivity index (χ0) is 13.8. The van der Waals surface area contributed by atoms with Crippen LogP contribution in [0.4, 0.5) is 9.93 Å². The number of nitrogens with zero attached hydrogens (tertiary/aromatic N) is 2. The molecule has 1 aromatic carbocycles. The van der Waals surface area contributed by atoms with E-state index in [9.17, 15) is 4.79 Å². The van der Waals surface area contributed by atoms with Crippen LogP contribution in [0, 0.1) is 0 Å². The van der Waals surface area contributed by atoms with Crippen LogP contribution < -0.4 is 10.6 Å². The van der Waals surface area contributed by atoms with Crippen molar-refractivity contribution in [1.82, 2.24) is 15.2 Å². The van der Waals surface area contributed by atoms with Crippen LogP contribution in [0.25, 0.3) is 10.2 Å². The zero-order valence-corrected chi connectivity index (χ0v) is 13.1. The van der Waals surface area contributed by atoms with Crippen molar-refractivity contribution in [2.45, 2.75) is 0 Å². The third kappa shape index (κ3) is 4.15. The Labute approximate surface area is 124 Å². The number of carbonyl (C=O) groups is 1. The summed E-state index contributed by atoms with van der Waals surface area (Å²) >= 11 is 4.87. The van der Waals surface area contributed by atoms with Gasteiger partial charge in [-0.2, -0.15) is 0 Å². The van der Waals surface area contributed by atoms with Gasteiger partial charge in [-0.3, -0.25) is 5.32 Å². The van der Waals surface area contributed by atoms with Gasteiger partial charge < -0.3 is 10.2 Å². The van der Waals surface area contributed by atoms with E-state index in [1.54, 1.807) is 0 Å². The van der Waals surface area contributed by atoms with E-state index >= 15 is 0 Å². The molecule has 19 heavy (non-hydrogen) atoms. The molecule has 0 aliphatic carbocycles. The Morgan fingerprint density at radius 2 is 2.26 bits per heavy atom. The molecule has 1 heterocycles. The summed E-state index contributed by atoms with van der Waals surface area (Å²) in [6, 6.07) is 5.62. The van der Waals surface area contributed by atoms with Crippen LogP contribution in [-0.2, 0) is 0 Å². The summed E-state index contributed by atoms with van der Waals surface area (Å²) in [4.78, 5) is 18.0. The van der Waals surface area contributed by atoms with Crippen molar-refractivity contribution >= 4 is 48.6 Å². The molecule has 0 aliphatic heterocycles. The van der Waals surface area contributed by atoms with Crippen LogP contribution in [0.1, 0.15) is 0 Å². The molecule has 0 aliphatic rings. The smallest absolute Gasteiger partial charge is 0.321 e. The SMILES string of the molecule is CN(C)CCNC(=O)Nc1nc2ccc(Br)cc2s1. The van der Waals surface area contributed by atoms with E-state index in [2.05, 4.69) is 31.5 Å². The maximum absolute atomic E-state index is 11.7. The molecule has 2 amide bonds. The minimum atomic E-state index is -0.222. The molecule has 7 heteroatoms. The summed E-state index contributed by atoms with van der Waals surface area (Å²) in [5, 5.41) is 6.14. The minimum Gasteiger partial charge on any atom is -0.337 e. The van der Waals surface area contributed by atoms with Crippen molar-refractivity contribution in [3.63, 3.8) is 0 Å². The average molecular weight is 343 g/mol. The number of benzene rings is 1. The number of urea groups is 1. The van der Waals surface area contributed by atoms with Gasteiger partial charge in [0.15, 0.2) is 5.13 Å². The minimum absolute atomic E-state index is 0.222. The molecule has 5 nitrogen and oxygen atoms in total. The van der Waals surface area contributed by atoms with E-state index < -0.39 is 0 Å². The van der Waals surface area contributed by atoms with Crippen LogP contribution in [0.2, 0.25) is 0 Å². The first-order chi connectivity index (χ1) is 9.04. The lowest BCUT2D eigenvalue weighted by Gasteiger charge is -2.10. The van der Waals surface area contributed by atoms with Gasteiger partial charge in [-0.15, -0.1) is 0 Å². The number of halogens is 1. The standard InChI is InChI=1S/C12H15BrN4OS/c1-17(2)6-5-14-11(18)16-12-15-9-4-3-8(13)7-10(9)19-12/h3-4,7H,5-6H2,1-2H3,(H2,14,15,16,18). The first-order valence-corrected chi connectivity index (χ1v) is 7.41. The molecule has 0 bridgehead atoms. The molecule has 0 radical (unpaired) electrons. The molecule has 0 atom stereocenters. The van der Waals surface area contributed by atoms with E-state index in [0.717, 1.165) is 21.2 Å². The number of aromatic nitrogens is 1. The Hall–Kier alpha value is -1.18. The monoisotopic (exact) mass is 342 g/mol. The van der Waals surface area contributed by atoms with Crippen LogP contribution in [0.3, 0.4) is 0 Å². The number of thiazole rings is 1. The van der Waals surface area contributed by atoms with Gasteiger partial charge in [0.05, 0.1) is 10.2 Å². The normalized spacial score (nSPS) is 10.9. The Balaban J connectivity index is 1.95. The van der Waals surface area contributed by atoms with Crippen LogP contribution >= 0.6 is 27.3 Å². The van der Waals surface area contributed by atoms with E-state index in [-0.39, 0.29) is 6.03 Å². The van der Waals surface area contributed by atoms with Crippen molar-refractivity contribution in [1.29, 1.82) is 0 Å². The summed E-state index contributed by atoms with van der Waals surface area (Å²) in [5.41, 5.74) is 0.886. The Bertz CT molecular complexity index is 584. The van der Waals surface area contributed by atoms with Gasteiger partial charge in [-0.05, 0) is 32.3 Å². The highest BCUT2D eigenvalue weighted by atomic mass is 79.9. The van der Waals surface area contributed by atoms with E-state index in [1.165, 1.54) is 11.3 Å². The quantitative estimate of drug-likeness (QED) is 0.898. The van der Waals surface area contributed by atoms with Crippen LogP contribution in [-0.4, -0.2) is 43.1 Å². The zero-order valence-electron chi connectivity index (χ0n) is 10.7. The van der Waals surface area contributed by atoms with Gasteiger partial charge >= 0.3 is 6.03 Å². The average Bonchev–Trinajstić information content (AvgIpc) is 2.69. The first-order valence-electron chi connectivity index (χ1n) is 5.80. The topological polar surface area (TPSA) is 57.3 Å². The number of rotatable bonds is 4. The second kappa shape index (κ2) is 6.31. The van der Waals surface area contributed by atoms with Crippen LogP contribution in [0.5, 0.6) is 0 Å². The lowest BCUT2D eigenvalue weighted by Crippen LogP contribution is -2.34. The van der Waals surface area contributed by atoms with E-state index in [4.69, 9.17) is 0 Å². The van der Waals surface area contributed by atoms with Gasteiger partial charge in [0, 0.05) is 17.6 Å². The molecular weight excluding hydrogens is 328 g/mol. The second-order valence-corrected chi connectivity index (χ2v) is 6.26. The van der Waals surface area contributed by atoms with Crippen molar-refractivity contribution in [2.75, 3.05) is 32.5 Å². The number of anilines is 1. The summed E-state index contributed by atoms with van der Waals surface area (Å²) in [5.74, 6) is 0. The van der Waals surface area contributed by atoms with Gasteiger partial charge in [-0.1, -0.05) is 27.3 Å². The molecule has 1 aromatic heterocycles. The molecular formula is C12H15BrN4OS. The number of hydrogen-bond donors (Lipinski definition) is 2. The van der Waals surface area contributed by atoms with Gasteiger partial charge in [-0.25, -0.2) is 9.78 Å². The summed E-state index contributed by atoms with van der Waals surface area (Å²) in [7, 11) is 3.93. The molecule has 0 fully saturated rings. The van der Waals surface area contributed by atoms with E-state index in [1.807, 2.05) is 37.2 Å². The first kappa shape index (κ1) is 14.2. The highest BCUT2D eigenvalue weighted by Crippen LogP contribution is 2.28. The summed E-state index contributed by atoms with van der Waals surface area (Å²) in [6.45, 7) is 1.41. The number of nitrogens with one attached hydrogen (secondary N) is 2. The number of fused-ring (bicyclic) bond motifs is 1. The lowest BCUT2D eigenvalue weighted by molar-refractivity contribution is 0.250. The fourth-order valence-electron chi connectivity index (χ4n) is 1.49. The van der Waals surface area contributed by atoms with Crippen molar-refractivity contribution in [3.8, 4) is 0 Å². The summed E-state index contributed by atoms with van der Waals surface area (Å²) < 4.78 is 2.05. The maximum Gasteiger partial charge on any atom is 0.321 e. The number of carbonyl (C=O) groups excluding carboxylic acids is 1. The Morgan fingerprint density at radius 3 is 3.00 bits per heavy atom. The second-order valence-electron chi connectivity index (χ2n) is 4.32. The maximum atomic E-state index is 11.7. The predicted octanol–water partition coefficient (Wildman–Crippen LogP) is 2.74. The van der Waals surface area contributed by atoms with E-state index in [0.29, 0.717) is 11.7 Å². The number of likely N-dealkylation sites (N-methyl/N-ethyl adjacent to an activating group) is 1. The van der Waals surface area contributed by atoms with Crippen LogP contribution in [0.15, 0.2) is 22.7 Å². The number of hydrogen-bond acceptors (Lipinski definition) is 4. The Kier molecular flexibility index (Phi) is 4.73. The van der Waals surface area contributed by atoms with Crippen molar-refractivity contribution in [2.24, 2.45) is 0 Å². The third-order valence-corrected chi connectivity index (χ3v) is 3.84. The number of amides is 2. The molecule has 0 saturated carbocycles. The molecule has 2 N–H and O–H groups in total. The van der Waals surface area contributed by atoms with Crippen molar-refractivity contribution < 1.29 is 4.79 Å². The molecule has 2 rings (SSSR count). The molecule has 0 saturated heterocycles. The highest BCUT2D eigenvalue weighted by Gasteiger charge is 2.07. The Morgan fingerprint density at radius 1 is 1.47 bits per heavy atom. The van der Waals surface area contributed by atoms with Gasteiger partial charge in [0.1, 0.15) is 0 Å². The highest BCUT2D eigenvalue weighted by molar-refractivity contribution is 9.10. The predicted molar refractivity (Wildman–Crippen MR) is 82.9 cm³/mol. The largest absolute Gasteiger partial charge is 0.337 e. The fourth-order valence-corrected chi connectivity index (χ4v) is 2.90. The van der Waals surface area contributed by atoms with Crippen molar-refractivity contribution in [3.05, 3.63) is 22.7 Å². The molecule has 0 spiro atoms.